The number of sulfonamides is 1. The molecule has 0 heterocycles. The van der Waals surface area contributed by atoms with Gasteiger partial charge in [-0.2, -0.15) is 0 Å². The molecule has 0 aliphatic rings. The summed E-state index contributed by atoms with van der Waals surface area (Å²) in [5, 5.41) is 19.1. The standard InChI is InChI=1S/C12H12N2O4S/c13-8-3-1-4-9(7-8)14-19(17,18)12-10(15)5-2-6-11(12)16/h1-7,14-16H,13H2. The maximum atomic E-state index is 12.1. The molecule has 0 aromatic heterocycles. The SMILES string of the molecule is Nc1cccc(NS(=O)(=O)c2c(O)cccc2O)c1. The largest absolute Gasteiger partial charge is 0.506 e. The average Bonchev–Trinajstić information content (AvgIpc) is 2.27. The summed E-state index contributed by atoms with van der Waals surface area (Å²) in [5.41, 5.74) is 6.17. The molecule has 0 radical (unpaired) electrons. The molecule has 7 heteroatoms. The van der Waals surface area contributed by atoms with Gasteiger partial charge in [0.2, 0.25) is 0 Å². The molecule has 2 aromatic carbocycles. The van der Waals surface area contributed by atoms with Gasteiger partial charge in [0.25, 0.3) is 10.0 Å². The van der Waals surface area contributed by atoms with Crippen LogP contribution in [-0.2, 0) is 10.0 Å². The Bertz CT molecular complexity index is 693. The van der Waals surface area contributed by atoms with Crippen LogP contribution in [0.15, 0.2) is 47.4 Å². The van der Waals surface area contributed by atoms with Gasteiger partial charge in [-0.15, -0.1) is 0 Å². The van der Waals surface area contributed by atoms with E-state index in [-0.39, 0.29) is 5.69 Å². The molecular weight excluding hydrogens is 268 g/mol. The summed E-state index contributed by atoms with van der Waals surface area (Å²) in [6, 6.07) is 9.80. The zero-order valence-electron chi connectivity index (χ0n) is 9.74. The van der Waals surface area contributed by atoms with Gasteiger partial charge in [-0.3, -0.25) is 4.72 Å². The molecule has 0 aliphatic heterocycles. The van der Waals surface area contributed by atoms with Crippen LogP contribution >= 0.6 is 0 Å². The van der Waals surface area contributed by atoms with Crippen molar-refractivity contribution < 1.29 is 18.6 Å². The van der Waals surface area contributed by atoms with Crippen LogP contribution in [-0.4, -0.2) is 18.6 Å². The Morgan fingerprint density at radius 2 is 1.58 bits per heavy atom. The summed E-state index contributed by atoms with van der Waals surface area (Å²) in [7, 11) is -4.10. The Labute approximate surface area is 110 Å². The van der Waals surface area contributed by atoms with Gasteiger partial charge in [-0.1, -0.05) is 12.1 Å². The van der Waals surface area contributed by atoms with E-state index in [1.54, 1.807) is 12.1 Å². The zero-order valence-corrected chi connectivity index (χ0v) is 10.6. The van der Waals surface area contributed by atoms with E-state index < -0.39 is 26.4 Å². The minimum atomic E-state index is -4.10. The number of nitrogen functional groups attached to an aromatic ring is 1. The van der Waals surface area contributed by atoms with E-state index in [4.69, 9.17) is 5.73 Å². The van der Waals surface area contributed by atoms with E-state index in [9.17, 15) is 18.6 Å². The number of nitrogens with one attached hydrogen (secondary N) is 1. The first-order valence-corrected chi connectivity index (χ1v) is 6.78. The molecule has 0 atom stereocenters. The van der Waals surface area contributed by atoms with Crippen LogP contribution in [0.3, 0.4) is 0 Å². The Morgan fingerprint density at radius 1 is 1.00 bits per heavy atom. The lowest BCUT2D eigenvalue weighted by Crippen LogP contribution is -2.13. The molecule has 19 heavy (non-hydrogen) atoms. The maximum absolute atomic E-state index is 12.1. The number of hydrogen-bond acceptors (Lipinski definition) is 5. The number of anilines is 2. The molecule has 0 fully saturated rings. The van der Waals surface area contributed by atoms with Crippen molar-refractivity contribution in [2.75, 3.05) is 10.5 Å². The number of nitrogens with two attached hydrogens (primary N) is 1. The quantitative estimate of drug-likeness (QED) is 0.636. The highest BCUT2D eigenvalue weighted by Gasteiger charge is 2.23. The van der Waals surface area contributed by atoms with Gasteiger partial charge in [0.05, 0.1) is 5.69 Å². The minimum Gasteiger partial charge on any atom is -0.506 e. The predicted octanol–water partition coefficient (Wildman–Crippen LogP) is 1.48. The van der Waals surface area contributed by atoms with Crippen molar-refractivity contribution in [1.82, 2.24) is 0 Å². The van der Waals surface area contributed by atoms with Crippen LogP contribution in [0.2, 0.25) is 0 Å². The van der Waals surface area contributed by atoms with E-state index in [0.717, 1.165) is 0 Å². The minimum absolute atomic E-state index is 0.239. The van der Waals surface area contributed by atoms with E-state index in [2.05, 4.69) is 4.72 Å². The highest BCUT2D eigenvalue weighted by Crippen LogP contribution is 2.32. The molecule has 0 spiro atoms. The predicted molar refractivity (Wildman–Crippen MR) is 71.4 cm³/mol. The summed E-state index contributed by atoms with van der Waals surface area (Å²) in [6.45, 7) is 0. The third kappa shape index (κ3) is 2.71. The summed E-state index contributed by atoms with van der Waals surface area (Å²) in [6.07, 6.45) is 0. The van der Waals surface area contributed by atoms with Crippen molar-refractivity contribution in [1.29, 1.82) is 0 Å². The summed E-state index contributed by atoms with van der Waals surface area (Å²) < 4.78 is 26.4. The van der Waals surface area contributed by atoms with Crippen molar-refractivity contribution in [2.45, 2.75) is 4.90 Å². The lowest BCUT2D eigenvalue weighted by molar-refractivity contribution is 0.423. The van der Waals surface area contributed by atoms with Crippen molar-refractivity contribution in [3.63, 3.8) is 0 Å². The number of phenolic OH excluding ortho intramolecular Hbond substituents is 2. The van der Waals surface area contributed by atoms with E-state index >= 15 is 0 Å². The van der Waals surface area contributed by atoms with Gasteiger partial charge in [-0.25, -0.2) is 8.42 Å². The third-order valence-electron chi connectivity index (χ3n) is 2.38. The van der Waals surface area contributed by atoms with Crippen molar-refractivity contribution in [2.24, 2.45) is 0 Å². The van der Waals surface area contributed by atoms with Gasteiger partial charge in [-0.05, 0) is 30.3 Å². The van der Waals surface area contributed by atoms with Crippen LogP contribution in [0.1, 0.15) is 0 Å². The number of phenols is 2. The topological polar surface area (TPSA) is 113 Å². The first kappa shape index (κ1) is 13.0. The van der Waals surface area contributed by atoms with Crippen molar-refractivity contribution in [3.05, 3.63) is 42.5 Å². The summed E-state index contributed by atoms with van der Waals surface area (Å²) in [5.74, 6) is -1.06. The molecule has 6 nitrogen and oxygen atoms in total. The first-order chi connectivity index (χ1) is 8.90. The highest BCUT2D eigenvalue weighted by atomic mass is 32.2. The molecule has 5 N–H and O–H groups in total. The van der Waals surface area contributed by atoms with Gasteiger partial charge >= 0.3 is 0 Å². The molecule has 0 amide bonds. The van der Waals surface area contributed by atoms with Gasteiger partial charge < -0.3 is 15.9 Å². The highest BCUT2D eigenvalue weighted by molar-refractivity contribution is 7.93. The Hall–Kier alpha value is -2.41. The zero-order chi connectivity index (χ0) is 14.0. The Kier molecular flexibility index (Phi) is 3.22. The third-order valence-corrected chi connectivity index (χ3v) is 3.84. The van der Waals surface area contributed by atoms with Crippen LogP contribution in [0.5, 0.6) is 11.5 Å². The lowest BCUT2D eigenvalue weighted by Gasteiger charge is -2.11. The monoisotopic (exact) mass is 280 g/mol. The van der Waals surface area contributed by atoms with E-state index in [1.807, 2.05) is 0 Å². The first-order valence-electron chi connectivity index (χ1n) is 5.29. The fraction of sp³-hybridized carbons (Fsp3) is 0. The molecule has 100 valence electrons. The number of aromatic hydroxyl groups is 2. The molecule has 2 aromatic rings. The second-order valence-electron chi connectivity index (χ2n) is 3.86. The second kappa shape index (κ2) is 4.69. The van der Waals surface area contributed by atoms with Crippen molar-refractivity contribution >= 4 is 21.4 Å². The van der Waals surface area contributed by atoms with Crippen LogP contribution in [0.25, 0.3) is 0 Å². The number of hydrogen-bond donors (Lipinski definition) is 4. The number of rotatable bonds is 3. The van der Waals surface area contributed by atoms with Gasteiger partial charge in [0, 0.05) is 5.69 Å². The second-order valence-corrected chi connectivity index (χ2v) is 5.48. The van der Waals surface area contributed by atoms with Crippen LogP contribution in [0, 0.1) is 0 Å². The summed E-state index contributed by atoms with van der Waals surface area (Å²) >= 11 is 0. The Morgan fingerprint density at radius 3 is 2.16 bits per heavy atom. The normalized spacial score (nSPS) is 11.2. The molecule has 0 unspecified atom stereocenters. The van der Waals surface area contributed by atoms with E-state index in [1.165, 1.54) is 30.3 Å². The fourth-order valence-corrected chi connectivity index (χ4v) is 2.82. The van der Waals surface area contributed by atoms with Crippen LogP contribution in [0.4, 0.5) is 11.4 Å². The van der Waals surface area contributed by atoms with Crippen LogP contribution < -0.4 is 10.5 Å². The molecule has 0 saturated carbocycles. The van der Waals surface area contributed by atoms with Crippen molar-refractivity contribution in [3.8, 4) is 11.5 Å². The molecule has 0 saturated heterocycles. The Balaban J connectivity index is 2.44. The molecular formula is C12H12N2O4S. The number of benzene rings is 2. The average molecular weight is 280 g/mol. The smallest absolute Gasteiger partial charge is 0.269 e. The van der Waals surface area contributed by atoms with E-state index in [0.29, 0.717) is 5.69 Å². The fourth-order valence-electron chi connectivity index (χ4n) is 1.60. The molecule has 2 rings (SSSR count). The lowest BCUT2D eigenvalue weighted by atomic mass is 10.3. The summed E-state index contributed by atoms with van der Waals surface area (Å²) in [4.78, 5) is -0.572. The van der Waals surface area contributed by atoms with Gasteiger partial charge in [0.15, 0.2) is 4.90 Å². The molecule has 0 aliphatic carbocycles. The van der Waals surface area contributed by atoms with Gasteiger partial charge in [0.1, 0.15) is 11.5 Å². The molecule has 0 bridgehead atoms. The maximum Gasteiger partial charge on any atom is 0.269 e.